The highest BCUT2D eigenvalue weighted by Gasteiger charge is 1.98. The number of thiocarbonyl (C=S) groups is 1. The molecule has 0 aliphatic heterocycles. The fourth-order valence-corrected chi connectivity index (χ4v) is 1.60. The van der Waals surface area contributed by atoms with E-state index in [0.717, 1.165) is 30.6 Å². The average Bonchev–Trinajstić information content (AvgIpc) is 2.38. The van der Waals surface area contributed by atoms with Crippen LogP contribution in [0.1, 0.15) is 30.9 Å². The molecule has 0 bridgehead atoms. The second kappa shape index (κ2) is 9.03. The van der Waals surface area contributed by atoms with Crippen molar-refractivity contribution in [2.24, 2.45) is 5.73 Å². The van der Waals surface area contributed by atoms with Crippen LogP contribution in [0, 0.1) is 0 Å². The number of nitrogens with two attached hydrogens (primary N) is 1. The Labute approximate surface area is 114 Å². The molecule has 0 saturated heterocycles. The van der Waals surface area contributed by atoms with Gasteiger partial charge in [0.05, 0.1) is 19.8 Å². The first-order valence-electron chi connectivity index (χ1n) is 6.28. The highest BCUT2D eigenvalue weighted by molar-refractivity contribution is 7.80. The van der Waals surface area contributed by atoms with Gasteiger partial charge in [-0.05, 0) is 18.1 Å². The molecule has 0 aromatic heterocycles. The van der Waals surface area contributed by atoms with Crippen molar-refractivity contribution < 1.29 is 9.47 Å². The van der Waals surface area contributed by atoms with Gasteiger partial charge in [0.15, 0.2) is 0 Å². The molecular weight excluding hydrogens is 246 g/mol. The van der Waals surface area contributed by atoms with Crippen LogP contribution in [0.15, 0.2) is 24.3 Å². The Kier molecular flexibility index (Phi) is 7.57. The van der Waals surface area contributed by atoms with Crippen LogP contribution in [-0.4, -0.2) is 24.8 Å². The summed E-state index contributed by atoms with van der Waals surface area (Å²) in [6, 6.07) is 7.80. The Morgan fingerprint density at radius 2 is 2.00 bits per heavy atom. The largest absolute Gasteiger partial charge is 0.389 e. The Morgan fingerprint density at radius 1 is 1.22 bits per heavy atom. The van der Waals surface area contributed by atoms with E-state index < -0.39 is 0 Å². The van der Waals surface area contributed by atoms with E-state index >= 15 is 0 Å². The quantitative estimate of drug-likeness (QED) is 0.552. The topological polar surface area (TPSA) is 44.5 Å². The second-order valence-electron chi connectivity index (χ2n) is 4.08. The monoisotopic (exact) mass is 267 g/mol. The van der Waals surface area contributed by atoms with Gasteiger partial charge in [-0.25, -0.2) is 0 Å². The molecule has 1 aromatic carbocycles. The molecule has 0 aliphatic rings. The lowest BCUT2D eigenvalue weighted by atomic mass is 10.1. The number of ether oxygens (including phenoxy) is 2. The summed E-state index contributed by atoms with van der Waals surface area (Å²) in [4.78, 5) is 0.416. The summed E-state index contributed by atoms with van der Waals surface area (Å²) in [5.41, 5.74) is 7.53. The Morgan fingerprint density at radius 3 is 2.72 bits per heavy atom. The maximum atomic E-state index is 5.58. The van der Waals surface area contributed by atoms with Gasteiger partial charge in [0.1, 0.15) is 4.99 Å². The van der Waals surface area contributed by atoms with Crippen LogP contribution in [0.25, 0.3) is 0 Å². The van der Waals surface area contributed by atoms with Crippen molar-refractivity contribution in [3.8, 4) is 0 Å². The molecule has 0 amide bonds. The number of unbranched alkanes of at least 4 members (excludes halogenated alkanes) is 1. The zero-order chi connectivity index (χ0) is 13.2. The predicted octanol–water partition coefficient (Wildman–Crippen LogP) is 2.65. The normalized spacial score (nSPS) is 10.5. The molecule has 0 spiro atoms. The first-order chi connectivity index (χ1) is 8.74. The number of hydrogen-bond acceptors (Lipinski definition) is 3. The Bertz CT molecular complexity index is 369. The predicted molar refractivity (Wildman–Crippen MR) is 77.7 cm³/mol. The molecule has 0 fully saturated rings. The van der Waals surface area contributed by atoms with Crippen molar-refractivity contribution in [1.29, 1.82) is 0 Å². The van der Waals surface area contributed by atoms with E-state index in [4.69, 9.17) is 27.4 Å². The fraction of sp³-hybridized carbons (Fsp3) is 0.500. The van der Waals surface area contributed by atoms with Crippen LogP contribution >= 0.6 is 12.2 Å². The summed E-state index contributed by atoms with van der Waals surface area (Å²) >= 11 is 4.93. The molecule has 0 atom stereocenters. The van der Waals surface area contributed by atoms with Crippen LogP contribution in [-0.2, 0) is 16.1 Å². The molecule has 1 aromatic rings. The van der Waals surface area contributed by atoms with Gasteiger partial charge in [-0.2, -0.15) is 0 Å². The molecule has 100 valence electrons. The molecule has 0 unspecified atom stereocenters. The number of rotatable bonds is 9. The van der Waals surface area contributed by atoms with Crippen molar-refractivity contribution in [1.82, 2.24) is 0 Å². The number of benzene rings is 1. The van der Waals surface area contributed by atoms with Gasteiger partial charge in [0, 0.05) is 12.2 Å². The van der Waals surface area contributed by atoms with Gasteiger partial charge < -0.3 is 15.2 Å². The molecule has 4 heteroatoms. The molecule has 0 radical (unpaired) electrons. The molecule has 18 heavy (non-hydrogen) atoms. The van der Waals surface area contributed by atoms with Crippen molar-refractivity contribution in [2.45, 2.75) is 26.4 Å². The van der Waals surface area contributed by atoms with Gasteiger partial charge in [0.25, 0.3) is 0 Å². The van der Waals surface area contributed by atoms with Crippen molar-refractivity contribution in [3.63, 3.8) is 0 Å². The highest BCUT2D eigenvalue weighted by Crippen LogP contribution is 2.06. The summed E-state index contributed by atoms with van der Waals surface area (Å²) in [5.74, 6) is 0. The number of hydrogen-bond donors (Lipinski definition) is 1. The molecule has 1 rings (SSSR count). The summed E-state index contributed by atoms with van der Waals surface area (Å²) < 4.78 is 10.9. The fourth-order valence-electron chi connectivity index (χ4n) is 1.47. The first-order valence-corrected chi connectivity index (χ1v) is 6.69. The third-order valence-corrected chi connectivity index (χ3v) is 2.73. The zero-order valence-electron chi connectivity index (χ0n) is 10.9. The van der Waals surface area contributed by atoms with Crippen molar-refractivity contribution in [2.75, 3.05) is 19.8 Å². The third kappa shape index (κ3) is 6.10. The minimum atomic E-state index is 0.416. The van der Waals surface area contributed by atoms with Gasteiger partial charge >= 0.3 is 0 Å². The van der Waals surface area contributed by atoms with E-state index in [1.165, 1.54) is 0 Å². The first kappa shape index (κ1) is 15.1. The Hall–Kier alpha value is -0.970. The van der Waals surface area contributed by atoms with Crippen LogP contribution < -0.4 is 5.73 Å². The van der Waals surface area contributed by atoms with E-state index in [0.29, 0.717) is 24.8 Å². The smallest absolute Gasteiger partial charge is 0.103 e. The molecular formula is C14H21NO2S. The van der Waals surface area contributed by atoms with Crippen LogP contribution in [0.4, 0.5) is 0 Å². The summed E-state index contributed by atoms with van der Waals surface area (Å²) in [7, 11) is 0. The van der Waals surface area contributed by atoms with Crippen LogP contribution in [0.5, 0.6) is 0 Å². The standard InChI is InChI=1S/C14H21NO2S/c1-2-3-7-16-8-9-17-11-12-5-4-6-13(10-12)14(15)18/h4-6,10H,2-3,7-9,11H2,1H3,(H2,15,18). The lowest BCUT2D eigenvalue weighted by Gasteiger charge is -2.06. The van der Waals surface area contributed by atoms with Crippen LogP contribution in [0.3, 0.4) is 0 Å². The van der Waals surface area contributed by atoms with Gasteiger partial charge in [-0.3, -0.25) is 0 Å². The summed E-state index contributed by atoms with van der Waals surface area (Å²) in [6.45, 7) is 4.79. The SMILES string of the molecule is CCCCOCCOCc1cccc(C(N)=S)c1. The van der Waals surface area contributed by atoms with E-state index in [2.05, 4.69) is 6.92 Å². The van der Waals surface area contributed by atoms with Crippen LogP contribution in [0.2, 0.25) is 0 Å². The minimum Gasteiger partial charge on any atom is -0.389 e. The average molecular weight is 267 g/mol. The maximum absolute atomic E-state index is 5.58. The van der Waals surface area contributed by atoms with Gasteiger partial charge in [-0.15, -0.1) is 0 Å². The lowest BCUT2D eigenvalue weighted by molar-refractivity contribution is 0.0397. The van der Waals surface area contributed by atoms with Gasteiger partial charge in [-0.1, -0.05) is 43.8 Å². The molecule has 0 heterocycles. The Balaban J connectivity index is 2.19. The van der Waals surface area contributed by atoms with Crippen molar-refractivity contribution >= 4 is 17.2 Å². The van der Waals surface area contributed by atoms with E-state index in [-0.39, 0.29) is 0 Å². The molecule has 3 nitrogen and oxygen atoms in total. The summed E-state index contributed by atoms with van der Waals surface area (Å²) in [5, 5.41) is 0. The summed E-state index contributed by atoms with van der Waals surface area (Å²) in [6.07, 6.45) is 2.27. The third-order valence-electron chi connectivity index (χ3n) is 2.49. The highest BCUT2D eigenvalue weighted by atomic mass is 32.1. The van der Waals surface area contributed by atoms with E-state index in [1.807, 2.05) is 24.3 Å². The van der Waals surface area contributed by atoms with Gasteiger partial charge in [0.2, 0.25) is 0 Å². The second-order valence-corrected chi connectivity index (χ2v) is 4.52. The zero-order valence-corrected chi connectivity index (χ0v) is 11.7. The van der Waals surface area contributed by atoms with E-state index in [1.54, 1.807) is 0 Å². The van der Waals surface area contributed by atoms with E-state index in [9.17, 15) is 0 Å². The lowest BCUT2D eigenvalue weighted by Crippen LogP contribution is -2.10. The molecule has 2 N–H and O–H groups in total. The van der Waals surface area contributed by atoms with Crippen molar-refractivity contribution in [3.05, 3.63) is 35.4 Å². The minimum absolute atomic E-state index is 0.416. The molecule has 0 saturated carbocycles. The maximum Gasteiger partial charge on any atom is 0.103 e. The molecule has 0 aliphatic carbocycles.